The summed E-state index contributed by atoms with van der Waals surface area (Å²) < 4.78 is 0. The van der Waals surface area contributed by atoms with Crippen LogP contribution in [0.15, 0.2) is 0 Å². The number of hydrogen-bond donors (Lipinski definition) is 1. The fourth-order valence-electron chi connectivity index (χ4n) is 1.78. The summed E-state index contributed by atoms with van der Waals surface area (Å²) in [7, 11) is 0. The van der Waals surface area contributed by atoms with Crippen molar-refractivity contribution < 1.29 is 5.11 Å². The maximum Gasteiger partial charge on any atom is 0.0678 e. The summed E-state index contributed by atoms with van der Waals surface area (Å²) in [6.07, 6.45) is 3.22. The van der Waals surface area contributed by atoms with E-state index >= 15 is 0 Å². The Kier molecular flexibility index (Phi) is 2.04. The summed E-state index contributed by atoms with van der Waals surface area (Å²) in [5.74, 6) is 0.420. The fraction of sp³-hybridized carbons (Fsp3) is 1.00. The van der Waals surface area contributed by atoms with Crippen molar-refractivity contribution >= 4 is 0 Å². The molecule has 0 saturated heterocycles. The highest BCUT2D eigenvalue weighted by Crippen LogP contribution is 2.45. The van der Waals surface area contributed by atoms with E-state index in [0.717, 1.165) is 12.8 Å². The van der Waals surface area contributed by atoms with Crippen LogP contribution in [0.1, 0.15) is 47.0 Å². The van der Waals surface area contributed by atoms with Crippen molar-refractivity contribution in [3.05, 3.63) is 0 Å². The van der Waals surface area contributed by atoms with Gasteiger partial charge in [-0.2, -0.15) is 0 Å². The van der Waals surface area contributed by atoms with Crippen molar-refractivity contribution in [3.63, 3.8) is 0 Å². The lowest BCUT2D eigenvalue weighted by atomic mass is 9.63. The second kappa shape index (κ2) is 2.48. The van der Waals surface area contributed by atoms with Crippen molar-refractivity contribution in [2.75, 3.05) is 0 Å². The molecule has 1 N–H and O–H groups in total. The second-order valence-electron chi connectivity index (χ2n) is 5.04. The summed E-state index contributed by atoms with van der Waals surface area (Å²) in [6.45, 7) is 8.77. The number of rotatable bonds is 1. The van der Waals surface area contributed by atoms with Crippen LogP contribution in [0.2, 0.25) is 0 Å². The predicted molar refractivity (Wildman–Crippen MR) is 47.4 cm³/mol. The molecule has 1 nitrogen and oxygen atoms in total. The summed E-state index contributed by atoms with van der Waals surface area (Å²) in [4.78, 5) is 0. The molecule has 0 aromatic heterocycles. The van der Waals surface area contributed by atoms with Crippen LogP contribution in [0.4, 0.5) is 0 Å². The summed E-state index contributed by atoms with van der Waals surface area (Å²) in [6, 6.07) is 0. The van der Waals surface area contributed by atoms with Crippen molar-refractivity contribution in [2.24, 2.45) is 11.3 Å². The van der Waals surface area contributed by atoms with Gasteiger partial charge < -0.3 is 5.11 Å². The largest absolute Gasteiger partial charge is 0.390 e. The normalized spacial score (nSPS) is 25.9. The minimum Gasteiger partial charge on any atom is -0.390 e. The van der Waals surface area contributed by atoms with Crippen LogP contribution in [0, 0.1) is 11.3 Å². The zero-order valence-electron chi connectivity index (χ0n) is 8.15. The minimum absolute atomic E-state index is 0.245. The maximum atomic E-state index is 10.0. The Balaban J connectivity index is 2.60. The lowest BCUT2D eigenvalue weighted by Crippen LogP contribution is -2.48. The third-order valence-electron chi connectivity index (χ3n) is 3.32. The highest BCUT2D eigenvalue weighted by atomic mass is 16.3. The van der Waals surface area contributed by atoms with Gasteiger partial charge in [0.1, 0.15) is 0 Å². The zero-order chi connectivity index (χ0) is 8.70. The van der Waals surface area contributed by atoms with E-state index in [4.69, 9.17) is 0 Å². The van der Waals surface area contributed by atoms with Crippen LogP contribution in [0.3, 0.4) is 0 Å². The second-order valence-corrected chi connectivity index (χ2v) is 5.04. The standard InChI is InChI=1S/C10H20O/c1-8(9(2,3)4)10(11)6-5-7-10/h8,11H,5-7H2,1-4H3/t8-/m1/s1. The van der Waals surface area contributed by atoms with E-state index in [2.05, 4.69) is 27.7 Å². The number of hydrogen-bond acceptors (Lipinski definition) is 1. The van der Waals surface area contributed by atoms with Gasteiger partial charge in [0.15, 0.2) is 0 Å². The van der Waals surface area contributed by atoms with E-state index in [9.17, 15) is 5.11 Å². The van der Waals surface area contributed by atoms with E-state index in [0.29, 0.717) is 5.92 Å². The molecule has 0 aromatic rings. The maximum absolute atomic E-state index is 10.0. The molecule has 0 aromatic carbocycles. The molecule has 0 amide bonds. The molecule has 1 fully saturated rings. The molecule has 1 aliphatic carbocycles. The SMILES string of the molecule is C[C@H](C(C)(C)C)C1(O)CCC1. The smallest absolute Gasteiger partial charge is 0.0678 e. The molecular weight excluding hydrogens is 136 g/mol. The lowest BCUT2D eigenvalue weighted by Gasteiger charge is -2.47. The minimum atomic E-state index is -0.335. The van der Waals surface area contributed by atoms with Crippen molar-refractivity contribution in [1.82, 2.24) is 0 Å². The molecule has 0 aliphatic heterocycles. The van der Waals surface area contributed by atoms with Gasteiger partial charge in [-0.15, -0.1) is 0 Å². The van der Waals surface area contributed by atoms with E-state index in [1.807, 2.05) is 0 Å². The van der Waals surface area contributed by atoms with E-state index in [1.54, 1.807) is 0 Å². The van der Waals surface area contributed by atoms with Gasteiger partial charge in [0.2, 0.25) is 0 Å². The van der Waals surface area contributed by atoms with Gasteiger partial charge in [0, 0.05) is 0 Å². The molecule has 0 heterocycles. The molecule has 0 radical (unpaired) electrons. The van der Waals surface area contributed by atoms with Gasteiger partial charge >= 0.3 is 0 Å². The Morgan fingerprint density at radius 1 is 1.27 bits per heavy atom. The number of aliphatic hydroxyl groups is 1. The van der Waals surface area contributed by atoms with Crippen LogP contribution in [-0.2, 0) is 0 Å². The monoisotopic (exact) mass is 156 g/mol. The molecule has 1 saturated carbocycles. The van der Waals surface area contributed by atoms with Crippen molar-refractivity contribution in [2.45, 2.75) is 52.6 Å². The molecule has 1 atom stereocenters. The van der Waals surface area contributed by atoms with Crippen LogP contribution in [0.5, 0.6) is 0 Å². The van der Waals surface area contributed by atoms with E-state index < -0.39 is 0 Å². The third-order valence-corrected chi connectivity index (χ3v) is 3.32. The first-order valence-corrected chi connectivity index (χ1v) is 4.59. The summed E-state index contributed by atoms with van der Waals surface area (Å²) in [5, 5.41) is 10.0. The summed E-state index contributed by atoms with van der Waals surface area (Å²) >= 11 is 0. The van der Waals surface area contributed by atoms with Crippen LogP contribution in [-0.4, -0.2) is 10.7 Å². The van der Waals surface area contributed by atoms with Crippen LogP contribution < -0.4 is 0 Å². The average Bonchev–Trinajstić information content (AvgIpc) is 1.79. The van der Waals surface area contributed by atoms with Gasteiger partial charge in [-0.1, -0.05) is 27.7 Å². The topological polar surface area (TPSA) is 20.2 Å². The van der Waals surface area contributed by atoms with Crippen molar-refractivity contribution in [3.8, 4) is 0 Å². The molecule has 1 rings (SSSR count). The predicted octanol–water partition coefficient (Wildman–Crippen LogP) is 2.58. The molecule has 11 heavy (non-hydrogen) atoms. The van der Waals surface area contributed by atoms with Gasteiger partial charge in [0.05, 0.1) is 5.60 Å². The highest BCUT2D eigenvalue weighted by Gasteiger charge is 2.44. The zero-order valence-corrected chi connectivity index (χ0v) is 8.15. The molecule has 66 valence electrons. The Morgan fingerprint density at radius 2 is 1.73 bits per heavy atom. The van der Waals surface area contributed by atoms with Gasteiger partial charge in [-0.05, 0) is 30.6 Å². The Bertz CT molecular complexity index is 139. The van der Waals surface area contributed by atoms with E-state index in [1.165, 1.54) is 6.42 Å². The first-order valence-electron chi connectivity index (χ1n) is 4.59. The van der Waals surface area contributed by atoms with Gasteiger partial charge in [0.25, 0.3) is 0 Å². The average molecular weight is 156 g/mol. The molecular formula is C10H20O. The molecule has 0 spiro atoms. The van der Waals surface area contributed by atoms with Crippen LogP contribution in [0.25, 0.3) is 0 Å². The fourth-order valence-corrected chi connectivity index (χ4v) is 1.78. The first kappa shape index (κ1) is 9.05. The molecule has 0 bridgehead atoms. The lowest BCUT2D eigenvalue weighted by molar-refractivity contribution is -0.110. The third kappa shape index (κ3) is 1.58. The molecule has 1 heteroatoms. The quantitative estimate of drug-likeness (QED) is 0.618. The van der Waals surface area contributed by atoms with Gasteiger partial charge in [-0.25, -0.2) is 0 Å². The Labute approximate surface area is 69.8 Å². The van der Waals surface area contributed by atoms with Gasteiger partial charge in [-0.3, -0.25) is 0 Å². The summed E-state index contributed by atoms with van der Waals surface area (Å²) in [5.41, 5.74) is -0.0899. The van der Waals surface area contributed by atoms with Crippen molar-refractivity contribution in [1.29, 1.82) is 0 Å². The van der Waals surface area contributed by atoms with Crippen LogP contribution >= 0.6 is 0 Å². The molecule has 0 unspecified atom stereocenters. The Morgan fingerprint density at radius 3 is 1.82 bits per heavy atom. The van der Waals surface area contributed by atoms with E-state index in [-0.39, 0.29) is 11.0 Å². The molecule has 1 aliphatic rings. The highest BCUT2D eigenvalue weighted by molar-refractivity contribution is 4.96. The Hall–Kier alpha value is -0.0400. The first-order chi connectivity index (χ1) is 4.86.